The molecule has 4 aromatic rings. The van der Waals surface area contributed by atoms with Crippen molar-refractivity contribution < 1.29 is 9.13 Å². The quantitative estimate of drug-likeness (QED) is 0.537. The van der Waals surface area contributed by atoms with Gasteiger partial charge in [-0.05, 0) is 42.8 Å². The van der Waals surface area contributed by atoms with Crippen LogP contribution in [0.4, 0.5) is 10.2 Å². The molecule has 0 saturated heterocycles. The molecule has 3 aromatic heterocycles. The molecule has 7 nitrogen and oxygen atoms in total. The standard InChI is InChI=1S/C20H19FN6O/c1-13-17(12-24-26-13)15-10-19(20(22)23-11-15)28-8-5-14-9-16(21)3-4-18(14)27-7-2-6-25-27/h2-4,6-7,9-12H,5,8H2,1H3,(H2,22,23)(H,24,26). The highest BCUT2D eigenvalue weighted by Crippen LogP contribution is 2.28. The molecule has 28 heavy (non-hydrogen) atoms. The monoisotopic (exact) mass is 378 g/mol. The number of nitrogens with zero attached hydrogens (tertiary/aromatic N) is 4. The van der Waals surface area contributed by atoms with E-state index in [1.165, 1.54) is 12.1 Å². The lowest BCUT2D eigenvalue weighted by molar-refractivity contribution is 0.322. The van der Waals surface area contributed by atoms with Gasteiger partial charge in [0, 0.05) is 42.3 Å². The van der Waals surface area contributed by atoms with Crippen molar-refractivity contribution in [3.8, 4) is 22.6 Å². The van der Waals surface area contributed by atoms with E-state index in [0.717, 1.165) is 28.1 Å². The summed E-state index contributed by atoms with van der Waals surface area (Å²) >= 11 is 0. The maximum Gasteiger partial charge on any atom is 0.166 e. The summed E-state index contributed by atoms with van der Waals surface area (Å²) in [5, 5.41) is 11.2. The number of nitrogens with one attached hydrogen (secondary N) is 1. The van der Waals surface area contributed by atoms with Gasteiger partial charge in [0.1, 0.15) is 5.82 Å². The number of anilines is 1. The van der Waals surface area contributed by atoms with Gasteiger partial charge in [0.2, 0.25) is 0 Å². The molecule has 4 rings (SSSR count). The van der Waals surface area contributed by atoms with Gasteiger partial charge in [-0.3, -0.25) is 5.10 Å². The summed E-state index contributed by atoms with van der Waals surface area (Å²) in [4.78, 5) is 4.21. The molecule has 0 amide bonds. The van der Waals surface area contributed by atoms with E-state index in [0.29, 0.717) is 24.6 Å². The first-order chi connectivity index (χ1) is 13.6. The molecule has 0 bridgehead atoms. The lowest BCUT2D eigenvalue weighted by Crippen LogP contribution is -2.08. The smallest absolute Gasteiger partial charge is 0.166 e. The zero-order valence-corrected chi connectivity index (χ0v) is 15.3. The minimum atomic E-state index is -0.301. The van der Waals surface area contributed by atoms with Gasteiger partial charge in [-0.15, -0.1) is 0 Å². The molecule has 0 aliphatic rings. The summed E-state index contributed by atoms with van der Waals surface area (Å²) in [5.41, 5.74) is 10.2. The third-order valence-electron chi connectivity index (χ3n) is 4.45. The van der Waals surface area contributed by atoms with Gasteiger partial charge in [-0.25, -0.2) is 14.1 Å². The fourth-order valence-electron chi connectivity index (χ4n) is 3.03. The largest absolute Gasteiger partial charge is 0.489 e. The Morgan fingerprint density at radius 2 is 2.18 bits per heavy atom. The number of pyridine rings is 1. The number of benzene rings is 1. The Morgan fingerprint density at radius 3 is 2.93 bits per heavy atom. The molecule has 8 heteroatoms. The highest BCUT2D eigenvalue weighted by Gasteiger charge is 2.11. The van der Waals surface area contributed by atoms with Gasteiger partial charge in [0.05, 0.1) is 18.0 Å². The molecule has 0 atom stereocenters. The molecule has 0 aliphatic carbocycles. The predicted octanol–water partition coefficient (Wildman–Crippen LogP) is 3.31. The van der Waals surface area contributed by atoms with Crippen molar-refractivity contribution in [3.05, 3.63) is 72.2 Å². The Labute approximate surface area is 161 Å². The van der Waals surface area contributed by atoms with Crippen LogP contribution in [0.1, 0.15) is 11.3 Å². The van der Waals surface area contributed by atoms with Gasteiger partial charge >= 0.3 is 0 Å². The molecule has 1 aromatic carbocycles. The molecule has 0 saturated carbocycles. The van der Waals surface area contributed by atoms with E-state index in [-0.39, 0.29) is 5.82 Å². The molecule has 0 radical (unpaired) electrons. The van der Waals surface area contributed by atoms with E-state index >= 15 is 0 Å². The third-order valence-corrected chi connectivity index (χ3v) is 4.45. The first-order valence-corrected chi connectivity index (χ1v) is 8.79. The molecule has 3 heterocycles. The Bertz CT molecular complexity index is 1090. The van der Waals surface area contributed by atoms with E-state index < -0.39 is 0 Å². The number of hydrogen-bond acceptors (Lipinski definition) is 5. The SMILES string of the molecule is Cc1n[nH]cc1-c1cnc(N)c(OCCc2cc(F)ccc2-n2cccn2)c1. The first-order valence-electron chi connectivity index (χ1n) is 8.79. The van der Waals surface area contributed by atoms with Crippen LogP contribution in [0.25, 0.3) is 16.8 Å². The average molecular weight is 378 g/mol. The number of nitrogen functional groups attached to an aromatic ring is 1. The second kappa shape index (κ2) is 7.51. The van der Waals surface area contributed by atoms with Crippen LogP contribution in [-0.2, 0) is 6.42 Å². The molecule has 0 spiro atoms. The zero-order chi connectivity index (χ0) is 19.5. The lowest BCUT2D eigenvalue weighted by atomic mass is 10.1. The summed E-state index contributed by atoms with van der Waals surface area (Å²) in [5.74, 6) is 0.482. The Morgan fingerprint density at radius 1 is 1.29 bits per heavy atom. The van der Waals surface area contributed by atoms with Gasteiger partial charge < -0.3 is 10.5 Å². The van der Waals surface area contributed by atoms with Crippen LogP contribution in [-0.4, -0.2) is 31.6 Å². The molecule has 142 valence electrons. The van der Waals surface area contributed by atoms with Crippen molar-refractivity contribution in [2.45, 2.75) is 13.3 Å². The number of H-pyrrole nitrogens is 1. The fourth-order valence-corrected chi connectivity index (χ4v) is 3.03. The van der Waals surface area contributed by atoms with Crippen LogP contribution >= 0.6 is 0 Å². The van der Waals surface area contributed by atoms with Gasteiger partial charge in [-0.1, -0.05) is 0 Å². The maximum absolute atomic E-state index is 13.7. The molecule has 3 N–H and O–H groups in total. The molecule has 0 fully saturated rings. The van der Waals surface area contributed by atoms with Crippen LogP contribution in [0.15, 0.2) is 55.1 Å². The molecular weight excluding hydrogens is 359 g/mol. The van der Waals surface area contributed by atoms with Crippen LogP contribution in [0, 0.1) is 12.7 Å². The van der Waals surface area contributed by atoms with Crippen LogP contribution in [0.5, 0.6) is 5.75 Å². The van der Waals surface area contributed by atoms with E-state index in [4.69, 9.17) is 10.5 Å². The third kappa shape index (κ3) is 3.57. The average Bonchev–Trinajstić information content (AvgIpc) is 3.35. The normalized spacial score (nSPS) is 10.9. The van der Waals surface area contributed by atoms with Crippen molar-refractivity contribution in [3.63, 3.8) is 0 Å². The van der Waals surface area contributed by atoms with E-state index in [9.17, 15) is 4.39 Å². The minimum Gasteiger partial charge on any atom is -0.489 e. The summed E-state index contributed by atoms with van der Waals surface area (Å²) in [7, 11) is 0. The number of nitrogens with two attached hydrogens (primary N) is 1. The lowest BCUT2D eigenvalue weighted by Gasteiger charge is -2.12. The Balaban J connectivity index is 1.52. The van der Waals surface area contributed by atoms with E-state index in [1.54, 1.807) is 29.3 Å². The van der Waals surface area contributed by atoms with Crippen molar-refractivity contribution in [2.75, 3.05) is 12.3 Å². The van der Waals surface area contributed by atoms with E-state index in [2.05, 4.69) is 20.3 Å². The van der Waals surface area contributed by atoms with Crippen LogP contribution in [0.3, 0.4) is 0 Å². The number of ether oxygens (including phenoxy) is 1. The number of aromatic amines is 1. The number of hydrogen-bond donors (Lipinski definition) is 2. The van der Waals surface area contributed by atoms with Crippen molar-refractivity contribution in [1.82, 2.24) is 25.0 Å². The fraction of sp³-hybridized carbons (Fsp3) is 0.150. The number of aryl methyl sites for hydroxylation is 1. The first kappa shape index (κ1) is 17.7. The topological polar surface area (TPSA) is 94.6 Å². The second-order valence-electron chi connectivity index (χ2n) is 6.31. The van der Waals surface area contributed by atoms with Crippen LogP contribution < -0.4 is 10.5 Å². The van der Waals surface area contributed by atoms with Crippen LogP contribution in [0.2, 0.25) is 0 Å². The van der Waals surface area contributed by atoms with Crippen molar-refractivity contribution in [1.29, 1.82) is 0 Å². The van der Waals surface area contributed by atoms with Crippen molar-refractivity contribution >= 4 is 5.82 Å². The minimum absolute atomic E-state index is 0.301. The Kier molecular flexibility index (Phi) is 4.76. The summed E-state index contributed by atoms with van der Waals surface area (Å²) in [6, 6.07) is 8.27. The molecular formula is C20H19FN6O. The zero-order valence-electron chi connectivity index (χ0n) is 15.3. The highest BCUT2D eigenvalue weighted by atomic mass is 19.1. The molecule has 0 unspecified atom stereocenters. The number of halogens is 1. The summed E-state index contributed by atoms with van der Waals surface area (Å²) in [6.07, 6.45) is 7.47. The number of aromatic nitrogens is 5. The van der Waals surface area contributed by atoms with Gasteiger partial charge in [0.15, 0.2) is 11.6 Å². The highest BCUT2D eigenvalue weighted by molar-refractivity contribution is 5.68. The number of rotatable bonds is 6. The van der Waals surface area contributed by atoms with Gasteiger partial charge in [0.25, 0.3) is 0 Å². The molecule has 0 aliphatic heterocycles. The second-order valence-corrected chi connectivity index (χ2v) is 6.31. The van der Waals surface area contributed by atoms with Gasteiger partial charge in [-0.2, -0.15) is 10.2 Å². The summed E-state index contributed by atoms with van der Waals surface area (Å²) < 4.78 is 21.3. The van der Waals surface area contributed by atoms with E-state index in [1.807, 2.05) is 25.3 Å². The Hall–Kier alpha value is -3.68. The summed E-state index contributed by atoms with van der Waals surface area (Å²) in [6.45, 7) is 2.22. The predicted molar refractivity (Wildman–Crippen MR) is 104 cm³/mol. The maximum atomic E-state index is 13.7. The van der Waals surface area contributed by atoms with Crippen molar-refractivity contribution in [2.24, 2.45) is 0 Å².